The lowest BCUT2D eigenvalue weighted by atomic mass is 10.0. The average molecular weight is 980 g/mol. The highest BCUT2D eigenvalue weighted by Gasteiger charge is 2.29. The number of aromatic nitrogens is 1. The second-order valence-corrected chi connectivity index (χ2v) is 15.2. The number of primary amides is 1. The van der Waals surface area contributed by atoms with Crippen molar-refractivity contribution in [3.05, 3.63) is 64.3 Å². The van der Waals surface area contributed by atoms with E-state index in [1.165, 1.54) is 7.11 Å². The normalized spacial score (nSPS) is 11.9. The van der Waals surface area contributed by atoms with E-state index in [0.29, 0.717) is 136 Å². The monoisotopic (exact) mass is 980 g/mol. The molecular weight excluding hydrogens is 907 g/mol. The van der Waals surface area contributed by atoms with Gasteiger partial charge in [0.2, 0.25) is 17.7 Å². The third kappa shape index (κ3) is 30.7. The molecule has 2 aromatic rings. The van der Waals surface area contributed by atoms with E-state index in [0.717, 1.165) is 5.56 Å². The van der Waals surface area contributed by atoms with E-state index in [-0.39, 0.29) is 38.5 Å². The minimum Gasteiger partial charge on any atom is -0.465 e. The molecule has 0 bridgehead atoms. The fourth-order valence-corrected chi connectivity index (χ4v) is 5.92. The zero-order chi connectivity index (χ0) is 50.2. The molecule has 1 aromatic carbocycles. The summed E-state index contributed by atoms with van der Waals surface area (Å²) in [6, 6.07) is 6.14. The lowest BCUT2D eigenvalue weighted by Gasteiger charge is -2.25. The molecule has 69 heavy (non-hydrogen) atoms. The second-order valence-electron chi connectivity index (χ2n) is 15.2. The van der Waals surface area contributed by atoms with E-state index in [9.17, 15) is 24.0 Å². The van der Waals surface area contributed by atoms with E-state index in [1.54, 1.807) is 44.4 Å². The predicted molar refractivity (Wildman–Crippen MR) is 251 cm³/mol. The van der Waals surface area contributed by atoms with Gasteiger partial charge in [-0.1, -0.05) is 31.1 Å². The Morgan fingerprint density at radius 1 is 0.681 bits per heavy atom. The summed E-state index contributed by atoms with van der Waals surface area (Å²) in [5, 5.41) is 14.2. The van der Waals surface area contributed by atoms with E-state index in [4.69, 9.17) is 58.6 Å². The Bertz CT molecular complexity index is 1760. The number of amides is 5. The number of ether oxygens (including phenoxy) is 10. The summed E-state index contributed by atoms with van der Waals surface area (Å²) in [7, 11) is 1.32. The number of carbonyl (C=O) groups is 5. The number of hydrogen-bond donors (Lipinski definition) is 5. The third-order valence-corrected chi connectivity index (χ3v) is 9.47. The maximum atomic E-state index is 13.5. The molecule has 0 aliphatic rings. The standard InChI is InChI=1S/C45H73N9O15/c1-35(2)41(43(57)51-39(5-4-12-48-45(46)59)42(56)50-38-8-6-36(7-9-38)33-54-14-10-37(34-54)44(58)60-3)52-40(55)11-15-61-17-19-63-21-23-65-25-27-67-29-31-69-32-30-68-28-26-66-24-22-64-20-18-62-16-13-49-53-47/h6-10,14,34-35,39,41H,4-5,11-13,15-33H2,1-3H3,(H,50,56)(H,51,57)(H,52,55)(H3,46,48,59). The van der Waals surface area contributed by atoms with Gasteiger partial charge in [0.15, 0.2) is 0 Å². The molecule has 1 heterocycles. The Kier molecular flexibility index (Phi) is 34.1. The first kappa shape index (κ1) is 59.7. The Labute approximate surface area is 403 Å². The van der Waals surface area contributed by atoms with Crippen LogP contribution in [0.15, 0.2) is 47.8 Å². The number of hydrogen-bond acceptors (Lipinski definition) is 16. The number of anilines is 1. The van der Waals surface area contributed by atoms with Crippen molar-refractivity contribution in [3.63, 3.8) is 0 Å². The summed E-state index contributed by atoms with van der Waals surface area (Å²) in [6.07, 6.45) is 3.96. The molecule has 0 saturated carbocycles. The van der Waals surface area contributed by atoms with Crippen molar-refractivity contribution in [3.8, 4) is 0 Å². The van der Waals surface area contributed by atoms with Gasteiger partial charge in [0, 0.05) is 49.0 Å². The fourth-order valence-electron chi connectivity index (χ4n) is 5.92. The molecule has 24 heteroatoms. The molecule has 2 atom stereocenters. The number of methoxy groups -OCH3 is 1. The van der Waals surface area contributed by atoms with Crippen LogP contribution in [0.4, 0.5) is 10.5 Å². The molecule has 0 radical (unpaired) electrons. The van der Waals surface area contributed by atoms with Crippen LogP contribution in [0.2, 0.25) is 0 Å². The van der Waals surface area contributed by atoms with Gasteiger partial charge >= 0.3 is 12.0 Å². The molecule has 0 aliphatic carbocycles. The summed E-state index contributed by atoms with van der Waals surface area (Å²) in [5.74, 6) is -2.15. The summed E-state index contributed by atoms with van der Waals surface area (Å²) < 4.78 is 55.6. The zero-order valence-electron chi connectivity index (χ0n) is 40.2. The van der Waals surface area contributed by atoms with E-state index in [1.807, 2.05) is 16.7 Å². The minimum atomic E-state index is -0.995. The van der Waals surface area contributed by atoms with Crippen LogP contribution in [0.5, 0.6) is 0 Å². The van der Waals surface area contributed by atoms with Gasteiger partial charge in [0.25, 0.3) is 0 Å². The number of nitrogens with one attached hydrogen (secondary N) is 4. The van der Waals surface area contributed by atoms with Gasteiger partial charge in [-0.3, -0.25) is 14.4 Å². The van der Waals surface area contributed by atoms with Crippen molar-refractivity contribution in [1.82, 2.24) is 20.5 Å². The molecule has 0 spiro atoms. The predicted octanol–water partition coefficient (Wildman–Crippen LogP) is 2.19. The summed E-state index contributed by atoms with van der Waals surface area (Å²) in [6.45, 7) is 11.6. The van der Waals surface area contributed by atoms with Gasteiger partial charge in [-0.05, 0) is 48.1 Å². The number of carbonyl (C=O) groups excluding carboxylic acids is 5. The van der Waals surface area contributed by atoms with Crippen LogP contribution in [-0.4, -0.2) is 185 Å². The van der Waals surface area contributed by atoms with Crippen LogP contribution >= 0.6 is 0 Å². The van der Waals surface area contributed by atoms with Crippen LogP contribution in [0.1, 0.15) is 49.0 Å². The van der Waals surface area contributed by atoms with E-state index < -0.39 is 41.8 Å². The number of rotatable bonds is 43. The molecule has 1 aromatic heterocycles. The van der Waals surface area contributed by atoms with Crippen LogP contribution < -0.4 is 27.0 Å². The number of azide groups is 1. The van der Waals surface area contributed by atoms with Gasteiger partial charge in [0.1, 0.15) is 12.1 Å². The summed E-state index contributed by atoms with van der Waals surface area (Å²) in [4.78, 5) is 65.5. The molecular formula is C45H73N9O15. The summed E-state index contributed by atoms with van der Waals surface area (Å²) >= 11 is 0. The average Bonchev–Trinajstić information content (AvgIpc) is 3.80. The molecule has 0 aliphatic heterocycles. The smallest absolute Gasteiger partial charge is 0.339 e. The molecule has 6 N–H and O–H groups in total. The highest BCUT2D eigenvalue weighted by molar-refractivity contribution is 5.98. The van der Waals surface area contributed by atoms with E-state index >= 15 is 0 Å². The molecule has 388 valence electrons. The number of benzene rings is 1. The van der Waals surface area contributed by atoms with Crippen molar-refractivity contribution in [2.75, 3.05) is 144 Å². The van der Waals surface area contributed by atoms with Crippen molar-refractivity contribution < 1.29 is 71.3 Å². The van der Waals surface area contributed by atoms with E-state index in [2.05, 4.69) is 31.3 Å². The van der Waals surface area contributed by atoms with Gasteiger partial charge in [-0.25, -0.2) is 9.59 Å². The van der Waals surface area contributed by atoms with Gasteiger partial charge in [-0.2, -0.15) is 0 Å². The van der Waals surface area contributed by atoms with Crippen LogP contribution in [-0.2, 0) is 68.3 Å². The maximum absolute atomic E-state index is 13.5. The van der Waals surface area contributed by atoms with Crippen LogP contribution in [0.25, 0.3) is 10.4 Å². The molecule has 24 nitrogen and oxygen atoms in total. The van der Waals surface area contributed by atoms with Crippen molar-refractivity contribution in [2.45, 2.75) is 51.7 Å². The number of nitrogens with two attached hydrogens (primary N) is 1. The second kappa shape index (κ2) is 39.4. The van der Waals surface area contributed by atoms with Crippen LogP contribution in [0.3, 0.4) is 0 Å². The largest absolute Gasteiger partial charge is 0.465 e. The maximum Gasteiger partial charge on any atom is 0.339 e. The van der Waals surface area contributed by atoms with Gasteiger partial charge in [-0.15, -0.1) is 0 Å². The molecule has 2 rings (SSSR count). The van der Waals surface area contributed by atoms with Gasteiger partial charge < -0.3 is 78.9 Å². The fraction of sp³-hybridized carbons (Fsp3) is 0.667. The van der Waals surface area contributed by atoms with Crippen molar-refractivity contribution in [1.29, 1.82) is 0 Å². The lowest BCUT2D eigenvalue weighted by Crippen LogP contribution is -2.54. The quantitative estimate of drug-likeness (QED) is 0.0209. The van der Waals surface area contributed by atoms with Crippen molar-refractivity contribution in [2.24, 2.45) is 16.8 Å². The molecule has 0 fully saturated rings. The first-order chi connectivity index (χ1) is 33.5. The topological polar surface area (TPSA) is 305 Å². The molecule has 5 amide bonds. The summed E-state index contributed by atoms with van der Waals surface area (Å²) in [5.41, 5.74) is 15.2. The third-order valence-electron chi connectivity index (χ3n) is 9.47. The Morgan fingerprint density at radius 3 is 1.64 bits per heavy atom. The Morgan fingerprint density at radius 2 is 1.17 bits per heavy atom. The zero-order valence-corrected chi connectivity index (χ0v) is 40.2. The highest BCUT2D eigenvalue weighted by Crippen LogP contribution is 2.14. The first-order valence-corrected chi connectivity index (χ1v) is 23.0. The minimum absolute atomic E-state index is 0.00336. The number of esters is 1. The molecule has 0 saturated heterocycles. The lowest BCUT2D eigenvalue weighted by molar-refractivity contribution is -0.132. The Balaban J connectivity index is 1.53. The Hall–Kier alpha value is -5.40. The van der Waals surface area contributed by atoms with Crippen LogP contribution in [0, 0.1) is 5.92 Å². The number of nitrogens with zero attached hydrogens (tertiary/aromatic N) is 4. The highest BCUT2D eigenvalue weighted by atomic mass is 16.6. The van der Waals surface area contributed by atoms with Crippen molar-refractivity contribution >= 4 is 35.4 Å². The molecule has 2 unspecified atom stereocenters. The SMILES string of the molecule is COC(=O)c1ccn(Cc2ccc(NC(=O)C(CCCNC(N)=O)NC(=O)C(NC(=O)CCOCCOCCOCCOCCOCCOCCOCCOCCOCCN=[N+]=[N-])C(C)C)cc2)c1. The first-order valence-electron chi connectivity index (χ1n) is 23.0. The van der Waals surface area contributed by atoms with Gasteiger partial charge in [0.05, 0.1) is 132 Å². The number of urea groups is 1.